The van der Waals surface area contributed by atoms with Crippen molar-refractivity contribution in [3.8, 4) is 0 Å². The first-order valence-electron chi connectivity index (χ1n) is 5.32. The molecular formula is C10H22N2OS. The van der Waals surface area contributed by atoms with Crippen LogP contribution < -0.4 is 5.73 Å². The smallest absolute Gasteiger partial charge is 0.0870 e. The molecule has 0 saturated heterocycles. The van der Waals surface area contributed by atoms with Crippen molar-refractivity contribution in [2.45, 2.75) is 32.6 Å². The van der Waals surface area contributed by atoms with Gasteiger partial charge in [-0.1, -0.05) is 32.0 Å². The molecule has 0 radical (unpaired) electrons. The molecule has 0 fully saturated rings. The molecule has 0 aromatic heterocycles. The van der Waals surface area contributed by atoms with Gasteiger partial charge in [-0.15, -0.1) is 0 Å². The standard InChI is InChI=1S/C10H22N2OS/c1-2-12(9-10(11)14)7-5-3-4-6-8-13/h13H,2-9H2,1H3,(H2,11,14). The molecule has 0 aromatic carbocycles. The van der Waals surface area contributed by atoms with E-state index in [0.29, 0.717) is 11.6 Å². The monoisotopic (exact) mass is 218 g/mol. The van der Waals surface area contributed by atoms with Crippen LogP contribution in [0.3, 0.4) is 0 Å². The first kappa shape index (κ1) is 13.8. The van der Waals surface area contributed by atoms with Crippen LogP contribution in [0.5, 0.6) is 0 Å². The zero-order valence-corrected chi connectivity index (χ0v) is 9.85. The summed E-state index contributed by atoms with van der Waals surface area (Å²) in [6.45, 7) is 5.21. The third-order valence-corrected chi connectivity index (χ3v) is 2.34. The van der Waals surface area contributed by atoms with E-state index in [9.17, 15) is 0 Å². The molecule has 0 bridgehead atoms. The van der Waals surface area contributed by atoms with E-state index in [2.05, 4.69) is 11.8 Å². The lowest BCUT2D eigenvalue weighted by Crippen LogP contribution is -2.33. The van der Waals surface area contributed by atoms with Crippen LogP contribution in [0.1, 0.15) is 32.6 Å². The second-order valence-electron chi connectivity index (χ2n) is 3.47. The topological polar surface area (TPSA) is 49.5 Å². The van der Waals surface area contributed by atoms with Gasteiger partial charge in [0, 0.05) is 13.2 Å². The third kappa shape index (κ3) is 8.41. The van der Waals surface area contributed by atoms with Gasteiger partial charge < -0.3 is 10.8 Å². The van der Waals surface area contributed by atoms with Crippen LogP contribution in [-0.2, 0) is 0 Å². The number of hydrogen-bond donors (Lipinski definition) is 2. The molecule has 0 rings (SSSR count). The first-order valence-corrected chi connectivity index (χ1v) is 5.73. The number of rotatable bonds is 9. The van der Waals surface area contributed by atoms with Gasteiger partial charge in [0.2, 0.25) is 0 Å². The third-order valence-electron chi connectivity index (χ3n) is 2.21. The number of aliphatic hydroxyl groups is 1. The van der Waals surface area contributed by atoms with E-state index in [1.165, 1.54) is 6.42 Å². The maximum Gasteiger partial charge on any atom is 0.0870 e. The van der Waals surface area contributed by atoms with Crippen LogP contribution in [-0.4, -0.2) is 41.2 Å². The molecule has 0 aliphatic rings. The minimum Gasteiger partial charge on any atom is -0.396 e. The average Bonchev–Trinajstić information content (AvgIpc) is 2.15. The number of aliphatic hydroxyl groups excluding tert-OH is 1. The zero-order valence-electron chi connectivity index (χ0n) is 9.04. The highest BCUT2D eigenvalue weighted by Gasteiger charge is 2.02. The predicted octanol–water partition coefficient (Wildman–Crippen LogP) is 1.15. The lowest BCUT2D eigenvalue weighted by Gasteiger charge is -2.19. The molecular weight excluding hydrogens is 196 g/mol. The number of likely N-dealkylation sites (N-methyl/N-ethyl adjacent to an activating group) is 1. The van der Waals surface area contributed by atoms with Crippen molar-refractivity contribution in [1.29, 1.82) is 0 Å². The normalized spacial score (nSPS) is 10.8. The number of nitrogens with zero attached hydrogens (tertiary/aromatic N) is 1. The van der Waals surface area contributed by atoms with Gasteiger partial charge in [-0.2, -0.15) is 0 Å². The zero-order chi connectivity index (χ0) is 10.8. The van der Waals surface area contributed by atoms with E-state index in [1.807, 2.05) is 0 Å². The second-order valence-corrected chi connectivity index (χ2v) is 4.00. The van der Waals surface area contributed by atoms with Crippen LogP contribution >= 0.6 is 12.2 Å². The lowest BCUT2D eigenvalue weighted by molar-refractivity contribution is 0.277. The summed E-state index contributed by atoms with van der Waals surface area (Å²) in [5.41, 5.74) is 5.48. The Hall–Kier alpha value is -0.190. The van der Waals surface area contributed by atoms with E-state index >= 15 is 0 Å². The van der Waals surface area contributed by atoms with Crippen LogP contribution in [0.4, 0.5) is 0 Å². The molecule has 0 saturated carbocycles. The molecule has 0 aliphatic heterocycles. The molecule has 0 amide bonds. The summed E-state index contributed by atoms with van der Waals surface area (Å²) in [5.74, 6) is 0. The molecule has 3 N–H and O–H groups in total. The minimum atomic E-state index is 0.310. The number of unbranched alkanes of at least 4 members (excludes halogenated alkanes) is 3. The van der Waals surface area contributed by atoms with E-state index < -0.39 is 0 Å². The highest BCUT2D eigenvalue weighted by molar-refractivity contribution is 7.80. The Kier molecular flexibility index (Phi) is 9.24. The largest absolute Gasteiger partial charge is 0.396 e. The van der Waals surface area contributed by atoms with Gasteiger partial charge in [0.25, 0.3) is 0 Å². The van der Waals surface area contributed by atoms with Gasteiger partial charge in [0.05, 0.1) is 4.99 Å². The van der Waals surface area contributed by atoms with Crippen molar-refractivity contribution in [3.63, 3.8) is 0 Å². The number of nitrogens with two attached hydrogens (primary N) is 1. The van der Waals surface area contributed by atoms with E-state index in [1.54, 1.807) is 0 Å². The summed E-state index contributed by atoms with van der Waals surface area (Å²) in [6, 6.07) is 0. The molecule has 14 heavy (non-hydrogen) atoms. The number of thiocarbonyl (C=S) groups is 1. The highest BCUT2D eigenvalue weighted by Crippen LogP contribution is 2.01. The molecule has 0 heterocycles. The molecule has 0 aliphatic carbocycles. The van der Waals surface area contributed by atoms with Crippen LogP contribution in [0, 0.1) is 0 Å². The van der Waals surface area contributed by atoms with E-state index in [0.717, 1.165) is 38.9 Å². The van der Waals surface area contributed by atoms with E-state index in [-0.39, 0.29) is 0 Å². The van der Waals surface area contributed by atoms with Gasteiger partial charge in [-0.3, -0.25) is 4.90 Å². The Morgan fingerprint density at radius 1 is 1.29 bits per heavy atom. The van der Waals surface area contributed by atoms with Crippen LogP contribution in [0.25, 0.3) is 0 Å². The Morgan fingerprint density at radius 3 is 2.43 bits per heavy atom. The van der Waals surface area contributed by atoms with Crippen molar-refractivity contribution in [2.75, 3.05) is 26.2 Å². The predicted molar refractivity (Wildman–Crippen MR) is 64.5 cm³/mol. The Bertz CT molecular complexity index is 153. The van der Waals surface area contributed by atoms with Gasteiger partial charge in [-0.05, 0) is 25.9 Å². The fraction of sp³-hybridized carbons (Fsp3) is 0.900. The summed E-state index contributed by atoms with van der Waals surface area (Å²) in [6.07, 6.45) is 4.37. The summed E-state index contributed by atoms with van der Waals surface area (Å²) in [5, 5.41) is 8.60. The van der Waals surface area contributed by atoms with Crippen molar-refractivity contribution in [3.05, 3.63) is 0 Å². The summed E-state index contributed by atoms with van der Waals surface area (Å²) >= 11 is 4.86. The van der Waals surface area contributed by atoms with Gasteiger partial charge in [0.15, 0.2) is 0 Å². The quantitative estimate of drug-likeness (QED) is 0.450. The SMILES string of the molecule is CCN(CCCCCCO)CC(N)=S. The molecule has 3 nitrogen and oxygen atoms in total. The molecule has 0 spiro atoms. The molecule has 0 unspecified atom stereocenters. The van der Waals surface area contributed by atoms with E-state index in [4.69, 9.17) is 23.1 Å². The Balaban J connectivity index is 3.38. The van der Waals surface area contributed by atoms with Crippen molar-refractivity contribution in [1.82, 2.24) is 4.90 Å². The Labute approximate surface area is 92.3 Å². The fourth-order valence-corrected chi connectivity index (χ4v) is 1.55. The molecule has 84 valence electrons. The lowest BCUT2D eigenvalue weighted by atomic mass is 10.2. The maximum absolute atomic E-state index is 8.60. The first-order chi connectivity index (χ1) is 6.70. The molecule has 0 atom stereocenters. The molecule has 4 heteroatoms. The minimum absolute atomic E-state index is 0.310. The highest BCUT2D eigenvalue weighted by atomic mass is 32.1. The summed E-state index contributed by atoms with van der Waals surface area (Å²) in [4.78, 5) is 2.82. The Morgan fingerprint density at radius 2 is 1.93 bits per heavy atom. The summed E-state index contributed by atoms with van der Waals surface area (Å²) in [7, 11) is 0. The van der Waals surface area contributed by atoms with Crippen LogP contribution in [0.15, 0.2) is 0 Å². The van der Waals surface area contributed by atoms with Crippen molar-refractivity contribution in [2.24, 2.45) is 5.73 Å². The van der Waals surface area contributed by atoms with Gasteiger partial charge in [0.1, 0.15) is 0 Å². The van der Waals surface area contributed by atoms with Crippen LogP contribution in [0.2, 0.25) is 0 Å². The average molecular weight is 218 g/mol. The maximum atomic E-state index is 8.60. The van der Waals surface area contributed by atoms with Gasteiger partial charge in [-0.25, -0.2) is 0 Å². The van der Waals surface area contributed by atoms with Crippen molar-refractivity contribution < 1.29 is 5.11 Å². The molecule has 0 aromatic rings. The van der Waals surface area contributed by atoms with Crippen molar-refractivity contribution >= 4 is 17.2 Å². The second kappa shape index (κ2) is 9.37. The summed E-state index contributed by atoms with van der Waals surface area (Å²) < 4.78 is 0. The van der Waals surface area contributed by atoms with Gasteiger partial charge >= 0.3 is 0 Å². The number of hydrogen-bond acceptors (Lipinski definition) is 3. The fourth-order valence-electron chi connectivity index (χ4n) is 1.37.